The van der Waals surface area contributed by atoms with Gasteiger partial charge in [0.2, 0.25) is 6.29 Å². The van der Waals surface area contributed by atoms with E-state index in [4.69, 9.17) is 9.78 Å². The maximum Gasteiger partial charge on any atom is 0.233 e. The van der Waals surface area contributed by atoms with Crippen LogP contribution in [0.5, 0.6) is 0 Å². The fourth-order valence-electron chi connectivity index (χ4n) is 1.54. The summed E-state index contributed by atoms with van der Waals surface area (Å²) in [5.41, 5.74) is 0.357. The standard InChI is InChI=1S/C16H30O2/c1-13(2,3)15(7,8)10-11-16(9,12-17-18-12)14(4,5)6/h10-12H,1-9H3/b11-10+. The molecule has 0 aromatic carbocycles. The maximum absolute atomic E-state index is 5.10. The Morgan fingerprint density at radius 1 is 0.667 bits per heavy atom. The molecule has 0 aliphatic carbocycles. The first-order valence-electron chi connectivity index (χ1n) is 6.84. The third kappa shape index (κ3) is 2.97. The number of hydrogen-bond acceptors (Lipinski definition) is 2. The minimum Gasteiger partial charge on any atom is -0.198 e. The fraction of sp³-hybridized carbons (Fsp3) is 0.875. The van der Waals surface area contributed by atoms with E-state index in [-0.39, 0.29) is 27.9 Å². The largest absolute Gasteiger partial charge is 0.233 e. The zero-order chi connectivity index (χ0) is 14.4. The topological polar surface area (TPSA) is 25.1 Å². The molecule has 1 unspecified atom stereocenters. The van der Waals surface area contributed by atoms with Crippen LogP contribution in [0.1, 0.15) is 62.3 Å². The molecule has 0 saturated carbocycles. The zero-order valence-corrected chi connectivity index (χ0v) is 13.5. The van der Waals surface area contributed by atoms with Gasteiger partial charge < -0.3 is 0 Å². The van der Waals surface area contributed by atoms with Gasteiger partial charge in [-0.2, -0.15) is 9.78 Å². The van der Waals surface area contributed by atoms with Crippen LogP contribution in [-0.2, 0) is 9.78 Å². The lowest BCUT2D eigenvalue weighted by Gasteiger charge is -2.40. The van der Waals surface area contributed by atoms with Crippen molar-refractivity contribution in [3.05, 3.63) is 12.2 Å². The molecule has 1 heterocycles. The van der Waals surface area contributed by atoms with E-state index >= 15 is 0 Å². The molecule has 0 radical (unpaired) electrons. The average molecular weight is 254 g/mol. The van der Waals surface area contributed by atoms with E-state index in [2.05, 4.69) is 74.5 Å². The molecule has 0 spiro atoms. The number of rotatable bonds is 3. The van der Waals surface area contributed by atoms with Crippen molar-refractivity contribution in [2.45, 2.75) is 68.6 Å². The molecule has 106 valence electrons. The summed E-state index contributed by atoms with van der Waals surface area (Å²) in [7, 11) is 0. The Hall–Kier alpha value is -0.340. The molecule has 2 heteroatoms. The molecule has 0 aromatic heterocycles. The van der Waals surface area contributed by atoms with Gasteiger partial charge in [-0.15, -0.1) is 0 Å². The first-order chi connectivity index (χ1) is 7.81. The molecule has 1 aliphatic rings. The Kier molecular flexibility index (Phi) is 3.79. The molecule has 0 aromatic rings. The van der Waals surface area contributed by atoms with Crippen LogP contribution in [-0.4, -0.2) is 6.29 Å². The lowest BCUT2D eigenvalue weighted by atomic mass is 9.64. The molecule has 0 N–H and O–H groups in total. The summed E-state index contributed by atoms with van der Waals surface area (Å²) in [5.74, 6) is 0. The van der Waals surface area contributed by atoms with Crippen LogP contribution in [0.25, 0.3) is 0 Å². The van der Waals surface area contributed by atoms with Crippen LogP contribution in [0.15, 0.2) is 12.2 Å². The Balaban J connectivity index is 2.99. The van der Waals surface area contributed by atoms with E-state index in [1.165, 1.54) is 0 Å². The Bertz CT molecular complexity index is 324. The van der Waals surface area contributed by atoms with Crippen molar-refractivity contribution in [3.63, 3.8) is 0 Å². The molecule has 1 rings (SSSR count). The van der Waals surface area contributed by atoms with Crippen LogP contribution in [0.3, 0.4) is 0 Å². The van der Waals surface area contributed by atoms with Crippen molar-refractivity contribution >= 4 is 0 Å². The molecule has 1 fully saturated rings. The van der Waals surface area contributed by atoms with Gasteiger partial charge in [-0.25, -0.2) is 0 Å². The van der Waals surface area contributed by atoms with E-state index in [1.54, 1.807) is 0 Å². The molecule has 1 atom stereocenters. The van der Waals surface area contributed by atoms with Gasteiger partial charge >= 0.3 is 0 Å². The van der Waals surface area contributed by atoms with Crippen molar-refractivity contribution < 1.29 is 9.78 Å². The molecule has 18 heavy (non-hydrogen) atoms. The summed E-state index contributed by atoms with van der Waals surface area (Å²) in [6, 6.07) is 0. The third-order valence-electron chi connectivity index (χ3n) is 5.08. The zero-order valence-electron chi connectivity index (χ0n) is 13.5. The monoisotopic (exact) mass is 254 g/mol. The highest BCUT2D eigenvalue weighted by Gasteiger charge is 2.52. The van der Waals surface area contributed by atoms with Crippen molar-refractivity contribution in [1.29, 1.82) is 0 Å². The summed E-state index contributed by atoms with van der Waals surface area (Å²) in [6.07, 6.45) is 4.50. The maximum atomic E-state index is 5.10. The van der Waals surface area contributed by atoms with Crippen molar-refractivity contribution in [3.8, 4) is 0 Å². The number of allylic oxidation sites excluding steroid dienone is 1. The van der Waals surface area contributed by atoms with Gasteiger partial charge in [0.05, 0.1) is 0 Å². The molecule has 1 aliphatic heterocycles. The molecule has 2 nitrogen and oxygen atoms in total. The normalized spacial score (nSPS) is 22.3. The first kappa shape index (κ1) is 15.7. The summed E-state index contributed by atoms with van der Waals surface area (Å²) in [5, 5.41) is 0. The van der Waals surface area contributed by atoms with E-state index in [9.17, 15) is 0 Å². The van der Waals surface area contributed by atoms with Crippen LogP contribution in [0, 0.1) is 21.7 Å². The first-order valence-corrected chi connectivity index (χ1v) is 6.84. The van der Waals surface area contributed by atoms with E-state index in [1.807, 2.05) is 0 Å². The van der Waals surface area contributed by atoms with Gasteiger partial charge in [0, 0.05) is 5.41 Å². The second-order valence-corrected chi connectivity index (χ2v) is 8.36. The molecular weight excluding hydrogens is 224 g/mol. The second-order valence-electron chi connectivity index (χ2n) is 8.36. The van der Waals surface area contributed by atoms with Gasteiger partial charge in [-0.3, -0.25) is 0 Å². The van der Waals surface area contributed by atoms with Crippen molar-refractivity contribution in [2.75, 3.05) is 0 Å². The minimum absolute atomic E-state index is 0.0959. The fourth-order valence-corrected chi connectivity index (χ4v) is 1.54. The average Bonchev–Trinajstić information content (AvgIpc) is 2.93. The SMILES string of the molecule is CC(C)(C)C(C)(C)/C=C/C(C)(C1OO1)C(C)(C)C. The van der Waals surface area contributed by atoms with Gasteiger partial charge in [0.15, 0.2) is 0 Å². The van der Waals surface area contributed by atoms with Gasteiger partial charge in [-0.1, -0.05) is 74.5 Å². The smallest absolute Gasteiger partial charge is 0.198 e. The molecular formula is C16H30O2. The lowest BCUT2D eigenvalue weighted by Crippen LogP contribution is -2.37. The Labute approximate surface area is 113 Å². The van der Waals surface area contributed by atoms with Crippen LogP contribution < -0.4 is 0 Å². The second kappa shape index (κ2) is 4.35. The molecule has 0 amide bonds. The van der Waals surface area contributed by atoms with Crippen LogP contribution >= 0.6 is 0 Å². The third-order valence-corrected chi connectivity index (χ3v) is 5.08. The van der Waals surface area contributed by atoms with E-state index in [0.29, 0.717) is 0 Å². The van der Waals surface area contributed by atoms with E-state index in [0.717, 1.165) is 0 Å². The number of hydrogen-bond donors (Lipinski definition) is 0. The van der Waals surface area contributed by atoms with Gasteiger partial charge in [0.1, 0.15) is 0 Å². The molecule has 0 bridgehead atoms. The highest BCUT2D eigenvalue weighted by molar-refractivity contribution is 5.11. The minimum atomic E-state index is -0.107. The molecule has 1 saturated heterocycles. The quantitative estimate of drug-likeness (QED) is 0.404. The summed E-state index contributed by atoms with van der Waals surface area (Å²) < 4.78 is 0. The van der Waals surface area contributed by atoms with Gasteiger partial charge in [0.25, 0.3) is 0 Å². The summed E-state index contributed by atoms with van der Waals surface area (Å²) in [6.45, 7) is 20.3. The Morgan fingerprint density at radius 2 is 1.11 bits per heavy atom. The van der Waals surface area contributed by atoms with E-state index < -0.39 is 0 Å². The predicted octanol–water partition coefficient (Wildman–Crippen LogP) is 4.96. The van der Waals surface area contributed by atoms with Crippen LogP contribution in [0.2, 0.25) is 0 Å². The lowest BCUT2D eigenvalue weighted by molar-refractivity contribution is 0.0850. The Morgan fingerprint density at radius 3 is 1.39 bits per heavy atom. The summed E-state index contributed by atoms with van der Waals surface area (Å²) in [4.78, 5) is 10.2. The van der Waals surface area contributed by atoms with Crippen molar-refractivity contribution in [1.82, 2.24) is 0 Å². The predicted molar refractivity (Wildman–Crippen MR) is 75.9 cm³/mol. The summed E-state index contributed by atoms with van der Waals surface area (Å²) >= 11 is 0. The van der Waals surface area contributed by atoms with Gasteiger partial charge in [-0.05, 0) is 16.2 Å². The van der Waals surface area contributed by atoms with Crippen molar-refractivity contribution in [2.24, 2.45) is 21.7 Å². The highest BCUT2D eigenvalue weighted by Crippen LogP contribution is 2.50. The highest BCUT2D eigenvalue weighted by atomic mass is 17.4. The van der Waals surface area contributed by atoms with Crippen LogP contribution in [0.4, 0.5) is 0 Å².